The molecule has 74 valence electrons. The maximum atomic E-state index is 11.5. The van der Waals surface area contributed by atoms with Crippen LogP contribution >= 0.6 is 0 Å². The molecule has 0 aromatic heterocycles. The van der Waals surface area contributed by atoms with Gasteiger partial charge in [-0.2, -0.15) is 0 Å². The molecule has 2 fully saturated rings. The van der Waals surface area contributed by atoms with Gasteiger partial charge in [0.25, 0.3) is 0 Å². The number of carbonyl (C=O) groups is 1. The lowest BCUT2D eigenvalue weighted by Gasteiger charge is -2.27. The minimum absolute atomic E-state index is 0.0142. The number of rotatable bonds is 2. The molecule has 0 bridgehead atoms. The Morgan fingerprint density at radius 2 is 2.31 bits per heavy atom. The van der Waals surface area contributed by atoms with E-state index in [9.17, 15) is 4.79 Å². The Morgan fingerprint density at radius 1 is 1.54 bits per heavy atom. The van der Waals surface area contributed by atoms with Gasteiger partial charge < -0.3 is 14.8 Å². The molecule has 2 aliphatic rings. The third-order valence-corrected chi connectivity index (χ3v) is 2.72. The summed E-state index contributed by atoms with van der Waals surface area (Å²) in [5.41, 5.74) is 0. The zero-order chi connectivity index (χ0) is 9.26. The molecule has 0 aromatic carbocycles. The standard InChI is InChI=1S/C9H15NO3/c1-6-8(2-3-10-6)9(11)13-7-4-12-5-7/h6-8,10H,2-5H2,1H3. The monoisotopic (exact) mass is 185 g/mol. The third-order valence-electron chi connectivity index (χ3n) is 2.72. The molecule has 1 N–H and O–H groups in total. The number of ether oxygens (including phenoxy) is 2. The van der Waals surface area contributed by atoms with Crippen molar-refractivity contribution in [3.63, 3.8) is 0 Å². The second-order valence-electron chi connectivity index (χ2n) is 3.73. The highest BCUT2D eigenvalue weighted by Gasteiger charge is 2.33. The summed E-state index contributed by atoms with van der Waals surface area (Å²) in [7, 11) is 0. The van der Waals surface area contributed by atoms with Gasteiger partial charge in [-0.15, -0.1) is 0 Å². The molecule has 4 nitrogen and oxygen atoms in total. The fourth-order valence-electron chi connectivity index (χ4n) is 1.71. The van der Waals surface area contributed by atoms with Crippen LogP contribution in [0.25, 0.3) is 0 Å². The fourth-order valence-corrected chi connectivity index (χ4v) is 1.71. The lowest BCUT2D eigenvalue weighted by Crippen LogP contribution is -2.40. The van der Waals surface area contributed by atoms with Crippen molar-refractivity contribution < 1.29 is 14.3 Å². The van der Waals surface area contributed by atoms with Crippen molar-refractivity contribution in [3.05, 3.63) is 0 Å². The minimum Gasteiger partial charge on any atom is -0.457 e. The van der Waals surface area contributed by atoms with Crippen LogP contribution in [0.2, 0.25) is 0 Å². The first kappa shape index (κ1) is 8.97. The molecule has 0 spiro atoms. The summed E-state index contributed by atoms with van der Waals surface area (Å²) in [5, 5.41) is 3.23. The lowest BCUT2D eigenvalue weighted by atomic mass is 10.0. The van der Waals surface area contributed by atoms with Gasteiger partial charge in [0.15, 0.2) is 0 Å². The Hall–Kier alpha value is -0.610. The summed E-state index contributed by atoms with van der Waals surface area (Å²) in [5.74, 6) is -0.0219. The van der Waals surface area contributed by atoms with E-state index in [0.29, 0.717) is 13.2 Å². The van der Waals surface area contributed by atoms with Gasteiger partial charge in [-0.3, -0.25) is 4.79 Å². The molecule has 0 aromatic rings. The molecule has 0 saturated carbocycles. The molecule has 2 saturated heterocycles. The number of carbonyl (C=O) groups excluding carboxylic acids is 1. The van der Waals surface area contributed by atoms with Crippen LogP contribution in [-0.2, 0) is 14.3 Å². The highest BCUT2D eigenvalue weighted by molar-refractivity contribution is 5.74. The van der Waals surface area contributed by atoms with Crippen LogP contribution in [0, 0.1) is 5.92 Å². The molecule has 0 radical (unpaired) electrons. The summed E-state index contributed by atoms with van der Waals surface area (Å²) in [6, 6.07) is 0.258. The largest absolute Gasteiger partial charge is 0.457 e. The Labute approximate surface area is 77.6 Å². The van der Waals surface area contributed by atoms with Gasteiger partial charge in [-0.25, -0.2) is 0 Å². The summed E-state index contributed by atoms with van der Waals surface area (Å²) in [6.45, 7) is 4.08. The van der Waals surface area contributed by atoms with E-state index in [4.69, 9.17) is 9.47 Å². The Bertz CT molecular complexity index is 203. The van der Waals surface area contributed by atoms with Gasteiger partial charge in [0.1, 0.15) is 6.10 Å². The molecule has 0 amide bonds. The Morgan fingerprint density at radius 3 is 2.77 bits per heavy atom. The van der Waals surface area contributed by atoms with E-state index in [1.165, 1.54) is 0 Å². The molecule has 2 rings (SSSR count). The van der Waals surface area contributed by atoms with Crippen molar-refractivity contribution in [1.82, 2.24) is 5.32 Å². The zero-order valence-electron chi connectivity index (χ0n) is 7.79. The van der Waals surface area contributed by atoms with Gasteiger partial charge >= 0.3 is 5.97 Å². The predicted molar refractivity (Wildman–Crippen MR) is 46.3 cm³/mol. The number of hydrogen-bond acceptors (Lipinski definition) is 4. The summed E-state index contributed by atoms with van der Waals surface area (Å²) in [4.78, 5) is 11.5. The van der Waals surface area contributed by atoms with Crippen LogP contribution in [0.5, 0.6) is 0 Å². The Balaban J connectivity index is 1.81. The molecule has 2 unspecified atom stereocenters. The number of nitrogens with one attached hydrogen (secondary N) is 1. The normalized spacial score (nSPS) is 34.2. The van der Waals surface area contributed by atoms with Crippen LogP contribution in [0.3, 0.4) is 0 Å². The molecule has 13 heavy (non-hydrogen) atoms. The van der Waals surface area contributed by atoms with Gasteiger partial charge in [0.05, 0.1) is 19.1 Å². The Kier molecular flexibility index (Phi) is 2.51. The van der Waals surface area contributed by atoms with E-state index in [0.717, 1.165) is 13.0 Å². The van der Waals surface area contributed by atoms with Gasteiger partial charge in [0.2, 0.25) is 0 Å². The SMILES string of the molecule is CC1NCCC1C(=O)OC1COC1. The molecular formula is C9H15NO3. The molecule has 4 heteroatoms. The van der Waals surface area contributed by atoms with E-state index < -0.39 is 0 Å². The molecule has 2 heterocycles. The van der Waals surface area contributed by atoms with E-state index in [1.807, 2.05) is 6.92 Å². The molecular weight excluding hydrogens is 170 g/mol. The smallest absolute Gasteiger partial charge is 0.311 e. The fraction of sp³-hybridized carbons (Fsp3) is 0.889. The first-order valence-electron chi connectivity index (χ1n) is 4.79. The second-order valence-corrected chi connectivity index (χ2v) is 3.73. The van der Waals surface area contributed by atoms with Crippen LogP contribution in [0.4, 0.5) is 0 Å². The summed E-state index contributed by atoms with van der Waals surface area (Å²) >= 11 is 0. The molecule has 0 aliphatic carbocycles. The van der Waals surface area contributed by atoms with Crippen molar-refractivity contribution >= 4 is 5.97 Å². The van der Waals surface area contributed by atoms with Gasteiger partial charge in [-0.1, -0.05) is 0 Å². The maximum Gasteiger partial charge on any atom is 0.311 e. The summed E-state index contributed by atoms with van der Waals surface area (Å²) < 4.78 is 10.2. The van der Waals surface area contributed by atoms with Gasteiger partial charge in [0, 0.05) is 6.04 Å². The van der Waals surface area contributed by atoms with Crippen LogP contribution in [0.1, 0.15) is 13.3 Å². The predicted octanol–water partition coefficient (Wildman–Crippen LogP) is -0.0736. The third kappa shape index (κ3) is 1.84. The molecule has 2 aliphatic heterocycles. The highest BCUT2D eigenvalue weighted by Crippen LogP contribution is 2.18. The van der Waals surface area contributed by atoms with E-state index in [2.05, 4.69) is 5.32 Å². The highest BCUT2D eigenvalue weighted by atomic mass is 16.6. The first-order chi connectivity index (χ1) is 6.27. The van der Waals surface area contributed by atoms with Crippen LogP contribution in [-0.4, -0.2) is 37.9 Å². The van der Waals surface area contributed by atoms with Gasteiger partial charge in [-0.05, 0) is 19.9 Å². The number of hydrogen-bond donors (Lipinski definition) is 1. The van der Waals surface area contributed by atoms with E-state index in [-0.39, 0.29) is 24.0 Å². The van der Waals surface area contributed by atoms with E-state index in [1.54, 1.807) is 0 Å². The van der Waals surface area contributed by atoms with Crippen LogP contribution in [0.15, 0.2) is 0 Å². The second kappa shape index (κ2) is 3.64. The van der Waals surface area contributed by atoms with E-state index >= 15 is 0 Å². The lowest BCUT2D eigenvalue weighted by molar-refractivity contribution is -0.176. The molecule has 2 atom stereocenters. The summed E-state index contributed by atoms with van der Waals surface area (Å²) in [6.07, 6.45) is 0.911. The average Bonchev–Trinajstić information content (AvgIpc) is 2.43. The average molecular weight is 185 g/mol. The van der Waals surface area contributed by atoms with Crippen molar-refractivity contribution in [2.24, 2.45) is 5.92 Å². The van der Waals surface area contributed by atoms with Crippen molar-refractivity contribution in [1.29, 1.82) is 0 Å². The minimum atomic E-state index is -0.0641. The maximum absolute atomic E-state index is 11.5. The number of esters is 1. The van der Waals surface area contributed by atoms with Crippen molar-refractivity contribution in [2.75, 3.05) is 19.8 Å². The quantitative estimate of drug-likeness (QED) is 0.612. The van der Waals surface area contributed by atoms with Crippen molar-refractivity contribution in [2.45, 2.75) is 25.5 Å². The zero-order valence-corrected chi connectivity index (χ0v) is 7.79. The topological polar surface area (TPSA) is 47.6 Å². The van der Waals surface area contributed by atoms with Crippen LogP contribution < -0.4 is 5.32 Å². The van der Waals surface area contributed by atoms with Crippen molar-refractivity contribution in [3.8, 4) is 0 Å². The first-order valence-corrected chi connectivity index (χ1v) is 4.79.